The Morgan fingerprint density at radius 3 is 2.35 bits per heavy atom. The lowest BCUT2D eigenvalue weighted by molar-refractivity contribution is -0.133. The van der Waals surface area contributed by atoms with Crippen LogP contribution in [0.4, 0.5) is 15.8 Å². The number of phenols is 1. The zero-order chi connectivity index (χ0) is 37.6. The van der Waals surface area contributed by atoms with E-state index < -0.39 is 6.04 Å². The number of benzene rings is 4. The number of ether oxygens (including phenoxy) is 1. The van der Waals surface area contributed by atoms with Gasteiger partial charge in [0.2, 0.25) is 0 Å². The van der Waals surface area contributed by atoms with Gasteiger partial charge in [0.05, 0.1) is 24.8 Å². The Morgan fingerprint density at radius 2 is 1.58 bits per heavy atom. The molecule has 1 saturated carbocycles. The Balaban J connectivity index is 0.795. The number of ketones is 2. The van der Waals surface area contributed by atoms with Crippen molar-refractivity contribution in [1.82, 2.24) is 9.80 Å². The predicted octanol–water partition coefficient (Wildman–Crippen LogP) is 6.52. The Labute approximate surface area is 321 Å². The molecule has 4 heterocycles. The number of Topliss-reactive ketones (excluding diaryl/α,β-unsaturated/α-hetero) is 2. The number of hydrogen-bond acceptors (Lipinski definition) is 8. The first-order chi connectivity index (χ1) is 26.8. The Bertz CT molecular complexity index is 2110. The molecule has 55 heavy (non-hydrogen) atoms. The van der Waals surface area contributed by atoms with Crippen molar-refractivity contribution in [2.75, 3.05) is 62.2 Å². The molecule has 1 amide bonds. The van der Waals surface area contributed by atoms with Gasteiger partial charge in [-0.25, -0.2) is 4.39 Å². The van der Waals surface area contributed by atoms with Crippen LogP contribution in [-0.4, -0.2) is 90.8 Å². The second kappa shape index (κ2) is 14.8. The van der Waals surface area contributed by atoms with Gasteiger partial charge in [-0.05, 0) is 78.3 Å². The van der Waals surface area contributed by atoms with E-state index in [2.05, 4.69) is 39.0 Å². The second-order valence-corrected chi connectivity index (χ2v) is 16.0. The summed E-state index contributed by atoms with van der Waals surface area (Å²) in [6, 6.07) is 26.7. The van der Waals surface area contributed by atoms with Crippen LogP contribution in [0, 0.1) is 11.7 Å². The number of anilines is 2. The highest BCUT2D eigenvalue weighted by Crippen LogP contribution is 2.47. The number of fused-ring (bicyclic) bond motifs is 2. The van der Waals surface area contributed by atoms with E-state index in [1.807, 2.05) is 42.5 Å². The molecule has 0 bridgehead atoms. The number of halogens is 1. The van der Waals surface area contributed by atoms with Crippen molar-refractivity contribution >= 4 is 28.8 Å². The van der Waals surface area contributed by atoms with Crippen LogP contribution >= 0.6 is 0 Å². The van der Waals surface area contributed by atoms with Crippen molar-refractivity contribution in [2.45, 2.75) is 56.5 Å². The van der Waals surface area contributed by atoms with Crippen LogP contribution in [0.5, 0.6) is 11.5 Å². The van der Waals surface area contributed by atoms with Gasteiger partial charge in [0, 0.05) is 93.5 Å². The van der Waals surface area contributed by atoms with E-state index in [0.717, 1.165) is 86.6 Å². The zero-order valence-corrected chi connectivity index (χ0v) is 31.0. The summed E-state index contributed by atoms with van der Waals surface area (Å²) in [5, 5.41) is 10.1. The number of nitrogens with zero attached hydrogens (tertiary/aromatic N) is 4. The molecule has 9 nitrogen and oxygen atoms in total. The fourth-order valence-corrected chi connectivity index (χ4v) is 9.65. The molecule has 4 aromatic rings. The molecule has 0 radical (unpaired) electrons. The summed E-state index contributed by atoms with van der Waals surface area (Å²) in [4.78, 5) is 46.3. The number of phenolic OH excluding ortho intramolecular Hbond substituents is 1. The molecule has 1 N–H and O–H groups in total. The maximum atomic E-state index is 16.1. The molecule has 0 aromatic heterocycles. The number of amides is 1. The molecule has 4 aromatic carbocycles. The van der Waals surface area contributed by atoms with Crippen LogP contribution in [-0.2, 0) is 16.1 Å². The van der Waals surface area contributed by atoms with Crippen LogP contribution in [0.15, 0.2) is 84.9 Å². The SMILES string of the molecule is O=C1CC[C@H](N2Cc3cc(N4CCN(CC5CCN(c6ccc(C7c8ccc(O)cc8OC[C@@H]7c7ccccc7)cc6F)CC5)CC4)ccc3C2=O)C(=O)C1. The number of carbonyl (C=O) groups is 3. The third kappa shape index (κ3) is 6.97. The predicted molar refractivity (Wildman–Crippen MR) is 209 cm³/mol. The summed E-state index contributed by atoms with van der Waals surface area (Å²) in [5.74, 6) is 0.787. The van der Waals surface area contributed by atoms with E-state index >= 15 is 4.39 Å². The Hall–Kier alpha value is -5.22. The highest BCUT2D eigenvalue weighted by Gasteiger charge is 2.39. The average molecular weight is 743 g/mol. The lowest BCUT2D eigenvalue weighted by Crippen LogP contribution is -2.49. The third-order valence-electron chi connectivity index (χ3n) is 12.7. The topological polar surface area (TPSA) is 93.6 Å². The molecule has 1 unspecified atom stereocenters. The number of piperazine rings is 1. The molecule has 0 spiro atoms. The summed E-state index contributed by atoms with van der Waals surface area (Å²) in [7, 11) is 0. The summed E-state index contributed by atoms with van der Waals surface area (Å²) in [6.07, 6.45) is 2.74. The largest absolute Gasteiger partial charge is 0.508 e. The van der Waals surface area contributed by atoms with E-state index in [4.69, 9.17) is 4.74 Å². The Kier molecular flexibility index (Phi) is 9.54. The molecule has 5 aliphatic rings. The molecule has 284 valence electrons. The van der Waals surface area contributed by atoms with Crippen molar-refractivity contribution in [1.29, 1.82) is 0 Å². The maximum absolute atomic E-state index is 16.1. The van der Waals surface area contributed by atoms with Crippen molar-refractivity contribution in [3.63, 3.8) is 0 Å². The van der Waals surface area contributed by atoms with Gasteiger partial charge >= 0.3 is 0 Å². The van der Waals surface area contributed by atoms with E-state index in [1.54, 1.807) is 23.1 Å². The standard InChI is InChI=1S/C45H47FN4O5/c46-39-23-31(44-37-11-8-35(52)25-43(37)55-28-38(44)30-4-2-1-3-5-30)6-12-40(39)49-16-14-29(15-17-49)26-47-18-20-48(21-19-47)33-7-10-36-32(22-33)27-50(45(36)54)41-13-9-34(51)24-42(41)53/h1-8,10-12,22-23,25,29,38,41,44,52H,9,13-21,24,26-28H2/t38-,41+,44?/m1/s1. The van der Waals surface area contributed by atoms with Gasteiger partial charge < -0.3 is 24.5 Å². The normalized spacial score (nSPS) is 23.5. The quantitative estimate of drug-likeness (QED) is 0.214. The molecular weight excluding hydrogens is 696 g/mol. The highest BCUT2D eigenvalue weighted by molar-refractivity contribution is 6.07. The van der Waals surface area contributed by atoms with Crippen LogP contribution in [0.1, 0.15) is 76.6 Å². The molecule has 9 rings (SSSR count). The lowest BCUT2D eigenvalue weighted by Gasteiger charge is -2.40. The van der Waals surface area contributed by atoms with Crippen LogP contribution in [0.2, 0.25) is 0 Å². The van der Waals surface area contributed by atoms with Crippen LogP contribution < -0.4 is 14.5 Å². The molecular formula is C45H47FN4O5. The highest BCUT2D eigenvalue weighted by atomic mass is 19.1. The van der Waals surface area contributed by atoms with Crippen molar-refractivity contribution in [3.8, 4) is 11.5 Å². The van der Waals surface area contributed by atoms with Gasteiger partial charge in [-0.2, -0.15) is 0 Å². The molecule has 2 saturated heterocycles. The van der Waals surface area contributed by atoms with E-state index in [-0.39, 0.29) is 47.3 Å². The fraction of sp³-hybridized carbons (Fsp3) is 0.400. The van der Waals surface area contributed by atoms with E-state index in [0.29, 0.717) is 48.9 Å². The first-order valence-corrected chi connectivity index (χ1v) is 19.8. The van der Waals surface area contributed by atoms with Gasteiger partial charge in [0.1, 0.15) is 23.1 Å². The average Bonchev–Trinajstić information content (AvgIpc) is 3.53. The molecule has 1 aliphatic carbocycles. The molecule has 3 fully saturated rings. The summed E-state index contributed by atoms with van der Waals surface area (Å²) in [6.45, 7) is 7.27. The minimum absolute atomic E-state index is 0.0139. The smallest absolute Gasteiger partial charge is 0.255 e. The number of carbonyl (C=O) groups excluding carboxylic acids is 3. The molecule has 3 atom stereocenters. The zero-order valence-electron chi connectivity index (χ0n) is 31.0. The molecule has 10 heteroatoms. The van der Waals surface area contributed by atoms with Gasteiger partial charge in [0.25, 0.3) is 5.91 Å². The van der Waals surface area contributed by atoms with Crippen LogP contribution in [0.25, 0.3) is 0 Å². The first kappa shape index (κ1) is 35.5. The lowest BCUT2D eigenvalue weighted by atomic mass is 9.76. The third-order valence-corrected chi connectivity index (χ3v) is 12.7. The fourth-order valence-electron chi connectivity index (χ4n) is 9.65. The number of hydrogen-bond donors (Lipinski definition) is 1. The first-order valence-electron chi connectivity index (χ1n) is 19.8. The van der Waals surface area contributed by atoms with Crippen molar-refractivity contribution in [2.24, 2.45) is 5.92 Å². The van der Waals surface area contributed by atoms with E-state index in [9.17, 15) is 19.5 Å². The van der Waals surface area contributed by atoms with Crippen LogP contribution in [0.3, 0.4) is 0 Å². The summed E-state index contributed by atoms with van der Waals surface area (Å²) < 4.78 is 22.2. The Morgan fingerprint density at radius 1 is 0.782 bits per heavy atom. The number of piperidine rings is 1. The minimum atomic E-state index is -0.497. The monoisotopic (exact) mass is 742 g/mol. The van der Waals surface area contributed by atoms with Crippen molar-refractivity contribution in [3.05, 3.63) is 119 Å². The minimum Gasteiger partial charge on any atom is -0.508 e. The van der Waals surface area contributed by atoms with E-state index in [1.165, 1.54) is 0 Å². The molecule has 4 aliphatic heterocycles. The van der Waals surface area contributed by atoms with Crippen molar-refractivity contribution < 1.29 is 28.6 Å². The summed E-state index contributed by atoms with van der Waals surface area (Å²) in [5.41, 5.74) is 6.39. The van der Waals surface area contributed by atoms with Gasteiger partial charge in [-0.1, -0.05) is 42.5 Å². The van der Waals surface area contributed by atoms with Gasteiger partial charge in [-0.15, -0.1) is 0 Å². The summed E-state index contributed by atoms with van der Waals surface area (Å²) >= 11 is 0. The second-order valence-electron chi connectivity index (χ2n) is 16.0. The number of rotatable bonds is 7. The van der Waals surface area contributed by atoms with Gasteiger partial charge in [-0.3, -0.25) is 19.3 Å². The maximum Gasteiger partial charge on any atom is 0.255 e. The number of aromatic hydroxyl groups is 1. The van der Waals surface area contributed by atoms with Gasteiger partial charge in [0.15, 0.2) is 5.78 Å².